The zero-order chi connectivity index (χ0) is 32.5. The fraction of sp³-hybridized carbons (Fsp3) is 0.538. The highest BCUT2D eigenvalue weighted by Crippen LogP contribution is 2.50. The van der Waals surface area contributed by atoms with Gasteiger partial charge in [0.2, 0.25) is 0 Å². The molecule has 1 spiro atoms. The zero-order valence-electron chi connectivity index (χ0n) is 28.3. The number of halogens is 1. The summed E-state index contributed by atoms with van der Waals surface area (Å²) in [4.78, 5) is 2.16. The van der Waals surface area contributed by atoms with Crippen molar-refractivity contribution < 1.29 is 28.1 Å². The first kappa shape index (κ1) is 32.8. The van der Waals surface area contributed by atoms with Gasteiger partial charge in [-0.3, -0.25) is 0 Å². The molecule has 3 aromatic rings. The smallest absolute Gasteiger partial charge is 0.161 e. The third-order valence-corrected chi connectivity index (χ3v) is 10.3. The summed E-state index contributed by atoms with van der Waals surface area (Å²) in [6, 6.07) is 20.7. The van der Waals surface area contributed by atoms with Gasteiger partial charge in [0.25, 0.3) is 0 Å². The van der Waals surface area contributed by atoms with Gasteiger partial charge < -0.3 is 28.6 Å². The first-order valence-electron chi connectivity index (χ1n) is 16.8. The van der Waals surface area contributed by atoms with Gasteiger partial charge in [-0.05, 0) is 100 Å². The van der Waals surface area contributed by atoms with Crippen LogP contribution in [0.2, 0.25) is 0 Å². The standard InChI is InChI=1S/C39H50FNO5/c1-38(2,3)46-29-13-15-31-27(22-29)12-14-30(26-10-8-7-9-11-26)36(31)32-23-33(40)34(24-35(32)42-4)41-20-18-39(19-21-41)17-16-28(25-45-39)37(43-5)44-6/h7-11,13,15,22-24,28,30,36-37H,12,14,16-21,25H2,1-6H3. The van der Waals surface area contributed by atoms with Crippen LogP contribution in [0, 0.1) is 11.7 Å². The van der Waals surface area contributed by atoms with Gasteiger partial charge in [0.15, 0.2) is 6.29 Å². The minimum atomic E-state index is -0.284. The number of nitrogens with zero attached hydrogens (tertiary/aromatic N) is 1. The summed E-state index contributed by atoms with van der Waals surface area (Å²) >= 11 is 0. The van der Waals surface area contributed by atoms with Crippen LogP contribution in [0.1, 0.15) is 87.0 Å². The molecule has 2 heterocycles. The molecule has 3 unspecified atom stereocenters. The third kappa shape index (κ3) is 6.78. The molecule has 6 nitrogen and oxygen atoms in total. The van der Waals surface area contributed by atoms with Gasteiger partial charge in [0.1, 0.15) is 22.9 Å². The van der Waals surface area contributed by atoms with E-state index in [4.69, 9.17) is 23.7 Å². The Balaban J connectivity index is 1.28. The topological polar surface area (TPSA) is 49.4 Å². The molecule has 0 N–H and O–H groups in total. The van der Waals surface area contributed by atoms with Crippen LogP contribution in [0.5, 0.6) is 11.5 Å². The van der Waals surface area contributed by atoms with Crippen molar-refractivity contribution in [1.82, 2.24) is 0 Å². The number of hydrogen-bond acceptors (Lipinski definition) is 6. The number of rotatable bonds is 8. The number of aryl methyl sites for hydroxylation is 1. The van der Waals surface area contributed by atoms with Crippen molar-refractivity contribution in [2.24, 2.45) is 5.92 Å². The van der Waals surface area contributed by atoms with Crippen molar-refractivity contribution >= 4 is 5.69 Å². The highest BCUT2D eigenvalue weighted by molar-refractivity contribution is 5.59. The molecule has 2 saturated heterocycles. The zero-order valence-corrected chi connectivity index (χ0v) is 28.3. The molecule has 2 aliphatic heterocycles. The molecule has 7 heteroatoms. The molecule has 0 amide bonds. The van der Waals surface area contributed by atoms with Gasteiger partial charge in [-0.2, -0.15) is 0 Å². The number of fused-ring (bicyclic) bond motifs is 1. The van der Waals surface area contributed by atoms with E-state index in [9.17, 15) is 0 Å². The van der Waals surface area contributed by atoms with Crippen molar-refractivity contribution in [1.29, 1.82) is 0 Å². The molecule has 0 radical (unpaired) electrons. The van der Waals surface area contributed by atoms with Crippen LogP contribution >= 0.6 is 0 Å². The molecule has 46 heavy (non-hydrogen) atoms. The van der Waals surface area contributed by atoms with E-state index in [1.54, 1.807) is 27.4 Å². The second-order valence-electron chi connectivity index (χ2n) is 14.3. The number of benzene rings is 3. The maximum absolute atomic E-state index is 16.3. The number of hydrogen-bond donors (Lipinski definition) is 0. The van der Waals surface area contributed by atoms with Gasteiger partial charge >= 0.3 is 0 Å². The van der Waals surface area contributed by atoms with E-state index in [0.717, 1.165) is 68.7 Å². The van der Waals surface area contributed by atoms with Crippen LogP contribution in [0.15, 0.2) is 60.7 Å². The summed E-state index contributed by atoms with van der Waals surface area (Å²) in [7, 11) is 5.06. The normalized spacial score (nSPS) is 23.0. The first-order valence-corrected chi connectivity index (χ1v) is 16.8. The second-order valence-corrected chi connectivity index (χ2v) is 14.3. The van der Waals surface area contributed by atoms with Crippen LogP contribution in [0.4, 0.5) is 10.1 Å². The average molecular weight is 632 g/mol. The van der Waals surface area contributed by atoms with Crippen LogP contribution in [0.25, 0.3) is 0 Å². The van der Waals surface area contributed by atoms with Gasteiger partial charge in [-0.25, -0.2) is 4.39 Å². The van der Waals surface area contributed by atoms with Crippen molar-refractivity contribution in [2.75, 3.05) is 45.9 Å². The van der Waals surface area contributed by atoms with Crippen molar-refractivity contribution in [2.45, 2.75) is 88.6 Å². The average Bonchev–Trinajstić information content (AvgIpc) is 3.06. The fourth-order valence-electron chi connectivity index (χ4n) is 8.01. The van der Waals surface area contributed by atoms with Gasteiger partial charge in [0.05, 0.1) is 25.0 Å². The quantitative estimate of drug-likeness (QED) is 0.233. The van der Waals surface area contributed by atoms with E-state index in [-0.39, 0.29) is 41.1 Å². The maximum atomic E-state index is 16.3. The van der Waals surface area contributed by atoms with Gasteiger partial charge in [-0.15, -0.1) is 0 Å². The molecule has 0 bridgehead atoms. The van der Waals surface area contributed by atoms with Crippen molar-refractivity contribution in [3.63, 3.8) is 0 Å². The molecule has 2 fully saturated rings. The molecular weight excluding hydrogens is 581 g/mol. The predicted molar refractivity (Wildman–Crippen MR) is 180 cm³/mol. The Hall–Kier alpha value is -3.13. The van der Waals surface area contributed by atoms with E-state index >= 15 is 4.39 Å². The summed E-state index contributed by atoms with van der Waals surface area (Å²) in [5, 5.41) is 0. The predicted octanol–water partition coefficient (Wildman–Crippen LogP) is 8.26. The molecule has 3 atom stereocenters. The lowest BCUT2D eigenvalue weighted by Gasteiger charge is -2.47. The molecule has 3 aromatic carbocycles. The van der Waals surface area contributed by atoms with Gasteiger partial charge in [0, 0.05) is 50.8 Å². The summed E-state index contributed by atoms with van der Waals surface area (Å²) < 4.78 is 46.1. The maximum Gasteiger partial charge on any atom is 0.161 e. The lowest BCUT2D eigenvalue weighted by atomic mass is 9.69. The van der Waals surface area contributed by atoms with Crippen molar-refractivity contribution in [3.05, 3.63) is 88.7 Å². The molecule has 6 rings (SSSR count). The molecule has 0 aromatic heterocycles. The number of ether oxygens (including phenoxy) is 5. The number of methoxy groups -OCH3 is 3. The monoisotopic (exact) mass is 631 g/mol. The minimum absolute atomic E-state index is 0.0513. The van der Waals surface area contributed by atoms with E-state index in [0.29, 0.717) is 12.3 Å². The van der Waals surface area contributed by atoms with Crippen LogP contribution in [-0.4, -0.2) is 58.5 Å². The van der Waals surface area contributed by atoms with Crippen molar-refractivity contribution in [3.8, 4) is 11.5 Å². The molecular formula is C39H50FNO5. The van der Waals surface area contributed by atoms with Crippen LogP contribution in [0.3, 0.4) is 0 Å². The second kappa shape index (κ2) is 13.5. The Morgan fingerprint density at radius 1 is 0.891 bits per heavy atom. The SMILES string of the molecule is COc1cc(N2CCC3(CCC(C(OC)OC)CO3)CC2)c(F)cc1C1c2ccc(OC(C)(C)C)cc2CCC1c1ccccc1. The molecule has 248 valence electrons. The fourth-order valence-corrected chi connectivity index (χ4v) is 8.01. The number of piperidine rings is 1. The largest absolute Gasteiger partial charge is 0.496 e. The van der Waals surface area contributed by atoms with E-state index < -0.39 is 0 Å². The summed E-state index contributed by atoms with van der Waals surface area (Å²) in [6.45, 7) is 8.29. The molecule has 1 aliphatic carbocycles. The highest BCUT2D eigenvalue weighted by atomic mass is 19.1. The Kier molecular flexibility index (Phi) is 9.65. The first-order chi connectivity index (χ1) is 22.1. The Bertz CT molecular complexity index is 1470. The van der Waals surface area contributed by atoms with E-state index in [1.807, 2.05) is 6.07 Å². The number of anilines is 1. The van der Waals surface area contributed by atoms with Crippen LogP contribution < -0.4 is 14.4 Å². The molecule has 3 aliphatic rings. The van der Waals surface area contributed by atoms with Gasteiger partial charge in [-0.1, -0.05) is 36.4 Å². The lowest BCUT2D eigenvalue weighted by molar-refractivity contribution is -0.195. The third-order valence-electron chi connectivity index (χ3n) is 10.3. The molecule has 0 saturated carbocycles. The van der Waals surface area contributed by atoms with Crippen LogP contribution in [-0.2, 0) is 20.6 Å². The van der Waals surface area contributed by atoms with E-state index in [1.165, 1.54) is 16.7 Å². The Morgan fingerprint density at radius 3 is 2.26 bits per heavy atom. The summed E-state index contributed by atoms with van der Waals surface area (Å²) in [5.41, 5.74) is 4.77. The Labute approximate surface area is 274 Å². The Morgan fingerprint density at radius 2 is 1.63 bits per heavy atom. The summed E-state index contributed by atoms with van der Waals surface area (Å²) in [5.74, 6) is 1.77. The highest BCUT2D eigenvalue weighted by Gasteiger charge is 2.42. The lowest BCUT2D eigenvalue weighted by Crippen LogP contribution is -2.50. The summed E-state index contributed by atoms with van der Waals surface area (Å²) in [6.07, 6.45) is 5.33. The minimum Gasteiger partial charge on any atom is -0.496 e. The van der Waals surface area contributed by atoms with E-state index in [2.05, 4.69) is 74.2 Å².